The van der Waals surface area contributed by atoms with E-state index in [4.69, 9.17) is 0 Å². The Bertz CT molecular complexity index is 1040. The number of dihydropyridines is 1. The van der Waals surface area contributed by atoms with Crippen LogP contribution in [0.15, 0.2) is 65.3 Å². The molecule has 2 N–H and O–H groups in total. The fraction of sp³-hybridized carbons (Fsp3) is 0.227. The Morgan fingerprint density at radius 3 is 2.62 bits per heavy atom. The van der Waals surface area contributed by atoms with E-state index >= 15 is 0 Å². The quantitative estimate of drug-likeness (QED) is 0.825. The van der Waals surface area contributed by atoms with Gasteiger partial charge in [-0.1, -0.05) is 12.1 Å². The molecule has 4 rings (SSSR count). The highest BCUT2D eigenvalue weighted by Crippen LogP contribution is 2.42. The number of nitrogens with one attached hydrogen (secondary N) is 2. The minimum Gasteiger partial charge on any atom is -0.362 e. The van der Waals surface area contributed by atoms with Gasteiger partial charge in [0.1, 0.15) is 17.3 Å². The van der Waals surface area contributed by atoms with Crippen molar-refractivity contribution in [1.82, 2.24) is 10.3 Å². The molecule has 0 spiro atoms. The standard InChI is InChI=1S/C22H19F2N3O2/c1-12-18(22(29)27-21-14(23)6-2-7-15(21)24)19(13-5-4-10-25-11-13)20-16(26-12)8-3-9-17(20)28/h2,4-7,10-11,19,26H,3,8-9H2,1H3,(H,27,29)/t19-/m0/s1. The zero-order valence-corrected chi connectivity index (χ0v) is 15.8. The van der Waals surface area contributed by atoms with Gasteiger partial charge in [0, 0.05) is 47.3 Å². The first kappa shape index (κ1) is 19.0. The molecule has 7 heteroatoms. The number of hydrogen-bond donors (Lipinski definition) is 2. The van der Waals surface area contributed by atoms with Crippen LogP contribution in [0.5, 0.6) is 0 Å². The minimum atomic E-state index is -0.869. The summed E-state index contributed by atoms with van der Waals surface area (Å²) in [6, 6.07) is 6.89. The van der Waals surface area contributed by atoms with E-state index < -0.39 is 29.1 Å². The third-order valence-corrected chi connectivity index (χ3v) is 5.24. The highest BCUT2D eigenvalue weighted by Gasteiger charge is 2.38. The number of anilines is 1. The first-order valence-electron chi connectivity index (χ1n) is 9.36. The van der Waals surface area contributed by atoms with Crippen LogP contribution in [0.1, 0.15) is 37.7 Å². The van der Waals surface area contributed by atoms with Gasteiger partial charge in [-0.2, -0.15) is 0 Å². The predicted molar refractivity (Wildman–Crippen MR) is 104 cm³/mol. The maximum Gasteiger partial charge on any atom is 0.254 e. The van der Waals surface area contributed by atoms with Crippen molar-refractivity contribution in [2.24, 2.45) is 0 Å². The Kier molecular flexibility index (Phi) is 4.96. The second kappa shape index (κ2) is 7.58. The number of pyridine rings is 1. The second-order valence-electron chi connectivity index (χ2n) is 7.10. The summed E-state index contributed by atoms with van der Waals surface area (Å²) in [6.45, 7) is 1.72. The van der Waals surface area contributed by atoms with E-state index in [2.05, 4.69) is 15.6 Å². The van der Waals surface area contributed by atoms with E-state index in [0.29, 0.717) is 29.7 Å². The summed E-state index contributed by atoms with van der Waals surface area (Å²) >= 11 is 0. The lowest BCUT2D eigenvalue weighted by Crippen LogP contribution is -2.35. The van der Waals surface area contributed by atoms with Crippen molar-refractivity contribution in [3.05, 3.63) is 82.5 Å². The lowest BCUT2D eigenvalue weighted by Gasteiger charge is -2.34. The van der Waals surface area contributed by atoms with Crippen molar-refractivity contribution in [2.75, 3.05) is 5.32 Å². The number of benzene rings is 1. The fourth-order valence-electron chi connectivity index (χ4n) is 3.96. The van der Waals surface area contributed by atoms with Crippen LogP contribution in [0.3, 0.4) is 0 Å². The summed E-state index contributed by atoms with van der Waals surface area (Å²) in [6.07, 6.45) is 5.04. The van der Waals surface area contributed by atoms with Gasteiger partial charge in [0.25, 0.3) is 5.91 Å². The molecule has 1 aliphatic carbocycles. The van der Waals surface area contributed by atoms with Gasteiger partial charge in [0.2, 0.25) is 0 Å². The number of hydrogen-bond acceptors (Lipinski definition) is 4. The van der Waals surface area contributed by atoms with Crippen molar-refractivity contribution in [1.29, 1.82) is 0 Å². The average molecular weight is 395 g/mol. The largest absolute Gasteiger partial charge is 0.362 e. The van der Waals surface area contributed by atoms with Gasteiger partial charge in [-0.3, -0.25) is 14.6 Å². The zero-order chi connectivity index (χ0) is 20.5. The van der Waals surface area contributed by atoms with Crippen LogP contribution >= 0.6 is 0 Å². The van der Waals surface area contributed by atoms with E-state index in [9.17, 15) is 18.4 Å². The van der Waals surface area contributed by atoms with E-state index in [-0.39, 0.29) is 11.4 Å². The molecular formula is C22H19F2N3O2. The number of nitrogens with zero attached hydrogens (tertiary/aromatic N) is 1. The van der Waals surface area contributed by atoms with Gasteiger partial charge in [0.05, 0.1) is 0 Å². The number of allylic oxidation sites excluding steroid dienone is 3. The SMILES string of the molecule is CC1=C(C(=O)Nc2c(F)cccc2F)[C@H](c2cccnc2)C2=C(CCCC2=O)N1. The molecule has 148 valence electrons. The Hall–Kier alpha value is -3.35. The fourth-order valence-corrected chi connectivity index (χ4v) is 3.96. The van der Waals surface area contributed by atoms with Gasteiger partial charge in [0.15, 0.2) is 5.78 Å². The predicted octanol–water partition coefficient (Wildman–Crippen LogP) is 3.97. The van der Waals surface area contributed by atoms with Crippen molar-refractivity contribution in [3.8, 4) is 0 Å². The molecule has 2 aromatic rings. The number of carbonyl (C=O) groups excluding carboxylic acids is 2. The van der Waals surface area contributed by atoms with E-state index in [0.717, 1.165) is 24.3 Å². The maximum absolute atomic E-state index is 14.1. The molecule has 1 amide bonds. The molecule has 5 nitrogen and oxygen atoms in total. The molecule has 0 fully saturated rings. The van der Waals surface area contributed by atoms with Crippen molar-refractivity contribution >= 4 is 17.4 Å². The molecule has 29 heavy (non-hydrogen) atoms. The number of carbonyl (C=O) groups is 2. The Balaban J connectivity index is 1.80. The van der Waals surface area contributed by atoms with Crippen LogP contribution in [0.4, 0.5) is 14.5 Å². The van der Waals surface area contributed by atoms with E-state index in [1.165, 1.54) is 6.07 Å². The Morgan fingerprint density at radius 1 is 1.17 bits per heavy atom. The number of amides is 1. The highest BCUT2D eigenvalue weighted by atomic mass is 19.1. The van der Waals surface area contributed by atoms with Gasteiger partial charge >= 0.3 is 0 Å². The van der Waals surface area contributed by atoms with Crippen molar-refractivity contribution in [2.45, 2.75) is 32.1 Å². The molecule has 1 aromatic carbocycles. The van der Waals surface area contributed by atoms with Crippen molar-refractivity contribution in [3.63, 3.8) is 0 Å². The molecule has 2 aliphatic rings. The first-order valence-corrected chi connectivity index (χ1v) is 9.36. The molecule has 1 atom stereocenters. The number of ketones is 1. The lowest BCUT2D eigenvalue weighted by molar-refractivity contribution is -0.116. The van der Waals surface area contributed by atoms with Crippen LogP contribution in [0.25, 0.3) is 0 Å². The molecule has 2 heterocycles. The van der Waals surface area contributed by atoms with Gasteiger partial charge < -0.3 is 10.6 Å². The lowest BCUT2D eigenvalue weighted by atomic mass is 9.75. The maximum atomic E-state index is 14.1. The van der Waals surface area contributed by atoms with E-state index in [1.807, 2.05) is 0 Å². The summed E-state index contributed by atoms with van der Waals surface area (Å²) in [5, 5.41) is 5.51. The summed E-state index contributed by atoms with van der Waals surface area (Å²) in [4.78, 5) is 30.0. The van der Waals surface area contributed by atoms with Crippen molar-refractivity contribution < 1.29 is 18.4 Å². The third kappa shape index (κ3) is 3.44. The summed E-state index contributed by atoms with van der Waals surface area (Å²) in [7, 11) is 0. The van der Waals surface area contributed by atoms with Gasteiger partial charge in [-0.25, -0.2) is 8.78 Å². The van der Waals surface area contributed by atoms with Crippen LogP contribution in [-0.4, -0.2) is 16.7 Å². The third-order valence-electron chi connectivity index (χ3n) is 5.24. The number of rotatable bonds is 3. The summed E-state index contributed by atoms with van der Waals surface area (Å²) in [5.74, 6) is -3.10. The topological polar surface area (TPSA) is 71.1 Å². The Labute approximate surface area is 166 Å². The Morgan fingerprint density at radius 2 is 1.93 bits per heavy atom. The van der Waals surface area contributed by atoms with Crippen LogP contribution in [0, 0.1) is 11.6 Å². The summed E-state index contributed by atoms with van der Waals surface area (Å²) < 4.78 is 28.1. The molecule has 0 radical (unpaired) electrons. The molecule has 0 unspecified atom stereocenters. The first-order chi connectivity index (χ1) is 14.0. The monoisotopic (exact) mass is 395 g/mol. The average Bonchev–Trinajstić information content (AvgIpc) is 2.70. The smallest absolute Gasteiger partial charge is 0.254 e. The molecule has 0 bridgehead atoms. The number of aromatic nitrogens is 1. The van der Waals surface area contributed by atoms with Crippen LogP contribution < -0.4 is 10.6 Å². The molecule has 0 saturated heterocycles. The normalized spacial score (nSPS) is 19.0. The molecule has 1 aromatic heterocycles. The van der Waals surface area contributed by atoms with E-state index in [1.54, 1.807) is 31.5 Å². The number of Topliss-reactive ketones (excluding diaryl/α,β-unsaturated/α-hetero) is 1. The number of halogens is 2. The molecule has 0 saturated carbocycles. The van der Waals surface area contributed by atoms with Crippen LogP contribution in [0.2, 0.25) is 0 Å². The number of para-hydroxylation sites is 1. The second-order valence-corrected chi connectivity index (χ2v) is 7.10. The zero-order valence-electron chi connectivity index (χ0n) is 15.8. The van der Waals surface area contributed by atoms with Crippen LogP contribution in [-0.2, 0) is 9.59 Å². The van der Waals surface area contributed by atoms with Gasteiger partial charge in [-0.05, 0) is 43.5 Å². The molecular weight excluding hydrogens is 376 g/mol. The van der Waals surface area contributed by atoms with Gasteiger partial charge in [-0.15, -0.1) is 0 Å². The molecule has 1 aliphatic heterocycles. The summed E-state index contributed by atoms with van der Waals surface area (Å²) in [5.41, 5.74) is 2.26. The minimum absolute atomic E-state index is 0.0394. The highest BCUT2D eigenvalue weighted by molar-refractivity contribution is 6.09.